The highest BCUT2D eigenvalue weighted by atomic mass is 32.2. The van der Waals surface area contributed by atoms with Gasteiger partial charge in [-0.1, -0.05) is 36.4 Å². The second-order valence-corrected chi connectivity index (χ2v) is 7.47. The molecule has 6 heteroatoms. The van der Waals surface area contributed by atoms with Gasteiger partial charge in [-0.3, -0.25) is 0 Å². The molecule has 4 rings (SSSR count). The fraction of sp³-hybridized carbons (Fsp3) is 0.0526. The van der Waals surface area contributed by atoms with Crippen molar-refractivity contribution in [2.45, 2.75) is 11.3 Å². The minimum atomic E-state index is 0.668. The fourth-order valence-corrected chi connectivity index (χ4v) is 4.26. The molecule has 0 unspecified atom stereocenters. The van der Waals surface area contributed by atoms with Crippen molar-refractivity contribution in [2.24, 2.45) is 0 Å². The van der Waals surface area contributed by atoms with E-state index >= 15 is 0 Å². The Labute approximate surface area is 153 Å². The number of thiazole rings is 1. The SMILES string of the molecule is Cc1ccc(NSc2nc(-c3ccccc3)cs2)c2[nH]cc(C#N)c12. The number of hydrogen-bond acceptors (Lipinski definition) is 5. The summed E-state index contributed by atoms with van der Waals surface area (Å²) in [4.78, 5) is 7.87. The molecule has 122 valence electrons. The summed E-state index contributed by atoms with van der Waals surface area (Å²) in [6.45, 7) is 2.01. The third-order valence-electron chi connectivity index (χ3n) is 3.97. The van der Waals surface area contributed by atoms with E-state index in [-0.39, 0.29) is 0 Å². The molecular formula is C19H14N4S2. The molecule has 0 aliphatic carbocycles. The lowest BCUT2D eigenvalue weighted by Gasteiger charge is -2.06. The standard InChI is InChI=1S/C19H14N4S2/c1-12-7-8-15(18-17(12)14(9-20)10-21-18)23-25-19-22-16(11-24-19)13-5-3-2-4-6-13/h2-8,10-11,21,23H,1H3. The average molecular weight is 362 g/mol. The number of fused-ring (bicyclic) bond motifs is 1. The summed E-state index contributed by atoms with van der Waals surface area (Å²) < 4.78 is 4.30. The molecular weight excluding hydrogens is 348 g/mol. The van der Waals surface area contributed by atoms with Gasteiger partial charge in [0, 0.05) is 34.5 Å². The molecule has 0 aliphatic rings. The molecule has 0 amide bonds. The van der Waals surface area contributed by atoms with Crippen molar-refractivity contribution in [3.63, 3.8) is 0 Å². The van der Waals surface area contributed by atoms with E-state index in [2.05, 4.69) is 38.3 Å². The third kappa shape index (κ3) is 3.00. The van der Waals surface area contributed by atoms with Crippen molar-refractivity contribution in [1.82, 2.24) is 9.97 Å². The molecule has 2 aromatic carbocycles. The summed E-state index contributed by atoms with van der Waals surface area (Å²) in [5, 5.41) is 12.3. The van der Waals surface area contributed by atoms with Gasteiger partial charge in [0.2, 0.25) is 0 Å². The quantitative estimate of drug-likeness (QED) is 0.464. The predicted molar refractivity (Wildman–Crippen MR) is 105 cm³/mol. The van der Waals surface area contributed by atoms with Crippen molar-refractivity contribution in [3.05, 3.63) is 65.2 Å². The van der Waals surface area contributed by atoms with Gasteiger partial charge in [0.15, 0.2) is 4.34 Å². The summed E-state index contributed by atoms with van der Waals surface area (Å²) in [7, 11) is 0. The number of benzene rings is 2. The highest BCUT2D eigenvalue weighted by molar-refractivity contribution is 8.02. The summed E-state index contributed by atoms with van der Waals surface area (Å²) in [6.07, 6.45) is 1.75. The minimum absolute atomic E-state index is 0.668. The van der Waals surface area contributed by atoms with Crippen LogP contribution in [-0.4, -0.2) is 9.97 Å². The van der Waals surface area contributed by atoms with E-state index in [9.17, 15) is 5.26 Å². The number of nitriles is 1. The molecule has 25 heavy (non-hydrogen) atoms. The molecule has 2 aromatic heterocycles. The summed E-state index contributed by atoms with van der Waals surface area (Å²) in [5.74, 6) is 0. The van der Waals surface area contributed by atoms with Crippen molar-refractivity contribution in [2.75, 3.05) is 4.72 Å². The Morgan fingerprint density at radius 1 is 1.20 bits per heavy atom. The van der Waals surface area contributed by atoms with Crippen molar-refractivity contribution in [1.29, 1.82) is 5.26 Å². The van der Waals surface area contributed by atoms with Crippen LogP contribution in [0.2, 0.25) is 0 Å². The number of aryl methyl sites for hydroxylation is 1. The maximum Gasteiger partial charge on any atom is 0.171 e. The molecule has 2 heterocycles. The van der Waals surface area contributed by atoms with Gasteiger partial charge in [-0.05, 0) is 18.6 Å². The zero-order valence-corrected chi connectivity index (χ0v) is 15.0. The van der Waals surface area contributed by atoms with Gasteiger partial charge in [-0.2, -0.15) is 5.26 Å². The van der Waals surface area contributed by atoms with Crippen LogP contribution in [0.5, 0.6) is 0 Å². The highest BCUT2D eigenvalue weighted by Crippen LogP contribution is 2.33. The number of hydrogen-bond donors (Lipinski definition) is 2. The molecule has 0 saturated heterocycles. The van der Waals surface area contributed by atoms with Crippen LogP contribution in [0.15, 0.2) is 58.4 Å². The number of aromatic amines is 1. The molecule has 0 aliphatic heterocycles. The van der Waals surface area contributed by atoms with E-state index in [0.717, 1.165) is 37.8 Å². The first kappa shape index (κ1) is 15.8. The van der Waals surface area contributed by atoms with Gasteiger partial charge in [0.1, 0.15) is 6.07 Å². The van der Waals surface area contributed by atoms with Crippen LogP contribution in [0.1, 0.15) is 11.1 Å². The molecule has 2 N–H and O–H groups in total. The normalized spacial score (nSPS) is 10.7. The van der Waals surface area contributed by atoms with Crippen LogP contribution in [0.3, 0.4) is 0 Å². The van der Waals surface area contributed by atoms with Gasteiger partial charge in [0.25, 0.3) is 0 Å². The Hall–Kier alpha value is -2.75. The van der Waals surface area contributed by atoms with Crippen molar-refractivity contribution in [3.8, 4) is 17.3 Å². The molecule has 0 fully saturated rings. The number of rotatable bonds is 4. The van der Waals surface area contributed by atoms with E-state index in [0.29, 0.717) is 5.56 Å². The number of aromatic nitrogens is 2. The first-order valence-electron chi connectivity index (χ1n) is 7.71. The number of H-pyrrole nitrogens is 1. The maximum absolute atomic E-state index is 9.25. The lowest BCUT2D eigenvalue weighted by atomic mass is 10.1. The van der Waals surface area contributed by atoms with Gasteiger partial charge in [-0.25, -0.2) is 4.98 Å². The number of nitrogens with zero attached hydrogens (tertiary/aromatic N) is 2. The molecule has 4 nitrogen and oxygen atoms in total. The van der Waals surface area contributed by atoms with Crippen LogP contribution >= 0.6 is 23.3 Å². The first-order valence-corrected chi connectivity index (χ1v) is 9.40. The third-order valence-corrected chi connectivity index (χ3v) is 5.73. The van der Waals surface area contributed by atoms with Gasteiger partial charge >= 0.3 is 0 Å². The predicted octanol–water partition coefficient (Wildman–Crippen LogP) is 5.59. The van der Waals surface area contributed by atoms with Gasteiger partial charge in [0.05, 0.1) is 22.5 Å². The van der Waals surface area contributed by atoms with Crippen LogP contribution in [0.25, 0.3) is 22.2 Å². The fourth-order valence-electron chi connectivity index (χ4n) is 2.74. The van der Waals surface area contributed by atoms with Crippen LogP contribution < -0.4 is 4.72 Å². The molecule has 0 bridgehead atoms. The van der Waals surface area contributed by atoms with E-state index < -0.39 is 0 Å². The second-order valence-electron chi connectivity index (χ2n) is 5.56. The molecule has 0 radical (unpaired) electrons. The first-order chi connectivity index (χ1) is 12.3. The van der Waals surface area contributed by atoms with Crippen molar-refractivity contribution < 1.29 is 0 Å². The highest BCUT2D eigenvalue weighted by Gasteiger charge is 2.11. The van der Waals surface area contributed by atoms with Crippen LogP contribution in [-0.2, 0) is 0 Å². The lowest BCUT2D eigenvalue weighted by Crippen LogP contribution is -1.89. The number of nitrogens with one attached hydrogen (secondary N) is 2. The molecule has 0 saturated carbocycles. The molecule has 0 spiro atoms. The lowest BCUT2D eigenvalue weighted by molar-refractivity contribution is 1.26. The maximum atomic E-state index is 9.25. The Morgan fingerprint density at radius 3 is 2.84 bits per heavy atom. The van der Waals surface area contributed by atoms with Crippen LogP contribution in [0, 0.1) is 18.3 Å². The second kappa shape index (κ2) is 6.63. The Balaban J connectivity index is 1.58. The Morgan fingerprint density at radius 2 is 2.04 bits per heavy atom. The Kier molecular flexibility index (Phi) is 4.18. The monoisotopic (exact) mass is 362 g/mol. The molecule has 4 aromatic rings. The zero-order valence-electron chi connectivity index (χ0n) is 13.4. The minimum Gasteiger partial charge on any atom is -0.358 e. The van der Waals surface area contributed by atoms with Crippen LogP contribution in [0.4, 0.5) is 5.69 Å². The van der Waals surface area contributed by atoms with E-state index in [1.54, 1.807) is 17.5 Å². The summed E-state index contributed by atoms with van der Waals surface area (Å²) >= 11 is 3.09. The smallest absolute Gasteiger partial charge is 0.171 e. The largest absolute Gasteiger partial charge is 0.358 e. The van der Waals surface area contributed by atoms with Gasteiger partial charge in [-0.15, -0.1) is 11.3 Å². The zero-order chi connectivity index (χ0) is 17.2. The van der Waals surface area contributed by atoms with E-state index in [1.807, 2.05) is 37.3 Å². The van der Waals surface area contributed by atoms with Gasteiger partial charge < -0.3 is 9.71 Å². The Bertz CT molecular complexity index is 1070. The topological polar surface area (TPSA) is 64.5 Å². The van der Waals surface area contributed by atoms with Crippen molar-refractivity contribution >= 4 is 39.9 Å². The van der Waals surface area contributed by atoms with E-state index in [1.165, 1.54) is 11.9 Å². The van der Waals surface area contributed by atoms with E-state index in [4.69, 9.17) is 0 Å². The number of anilines is 1. The molecule has 0 atom stereocenters. The average Bonchev–Trinajstić information content (AvgIpc) is 3.29. The summed E-state index contributed by atoms with van der Waals surface area (Å²) in [5.41, 5.74) is 5.75. The summed E-state index contributed by atoms with van der Waals surface area (Å²) in [6, 6.07) is 16.4.